The summed E-state index contributed by atoms with van der Waals surface area (Å²) in [6, 6.07) is 15.8. The van der Waals surface area contributed by atoms with Gasteiger partial charge in [0, 0.05) is 24.5 Å². The minimum absolute atomic E-state index is 0.0368. The van der Waals surface area contributed by atoms with E-state index >= 15 is 0 Å². The van der Waals surface area contributed by atoms with Crippen molar-refractivity contribution in [3.8, 4) is 0 Å². The molecule has 0 saturated heterocycles. The number of anilines is 2. The van der Waals surface area contributed by atoms with Crippen LogP contribution in [-0.4, -0.2) is 24.9 Å². The first-order chi connectivity index (χ1) is 16.0. The fourth-order valence-corrected chi connectivity index (χ4v) is 5.73. The lowest BCUT2D eigenvalue weighted by Gasteiger charge is -2.26. The van der Waals surface area contributed by atoms with Gasteiger partial charge in [0.25, 0.3) is 0 Å². The van der Waals surface area contributed by atoms with Crippen LogP contribution in [-0.2, 0) is 16.1 Å². The normalized spacial score (nSPS) is 26.0. The van der Waals surface area contributed by atoms with Crippen molar-refractivity contribution in [3.63, 3.8) is 0 Å². The van der Waals surface area contributed by atoms with Crippen LogP contribution >= 0.6 is 0 Å². The van der Waals surface area contributed by atoms with Crippen LogP contribution in [0.4, 0.5) is 11.4 Å². The quantitative estimate of drug-likeness (QED) is 0.540. The Bertz CT molecular complexity index is 1060. The number of hydrogen-bond acceptors (Lipinski definition) is 4. The minimum Gasteiger partial charge on any atom is -0.326 e. The number of benzene rings is 2. The van der Waals surface area contributed by atoms with Crippen LogP contribution in [0.25, 0.3) is 5.57 Å². The Hall–Kier alpha value is -2.96. The van der Waals surface area contributed by atoms with Crippen molar-refractivity contribution in [1.29, 1.82) is 0 Å². The highest BCUT2D eigenvalue weighted by molar-refractivity contribution is 6.00. The summed E-state index contributed by atoms with van der Waals surface area (Å²) in [6.07, 6.45) is 6.91. The van der Waals surface area contributed by atoms with Crippen molar-refractivity contribution in [2.24, 2.45) is 16.6 Å². The zero-order valence-corrected chi connectivity index (χ0v) is 19.0. The number of nitrogens with two attached hydrogens (primary N) is 1. The van der Waals surface area contributed by atoms with Gasteiger partial charge in [0.05, 0.1) is 10.8 Å². The third-order valence-corrected chi connectivity index (χ3v) is 7.83. The monoisotopic (exact) mass is 444 g/mol. The lowest BCUT2D eigenvalue weighted by atomic mass is 9.81. The summed E-state index contributed by atoms with van der Waals surface area (Å²) >= 11 is 0. The predicted octanol–water partition coefficient (Wildman–Crippen LogP) is 4.05. The molecule has 2 amide bonds. The van der Waals surface area contributed by atoms with Gasteiger partial charge in [-0.2, -0.15) is 0 Å². The van der Waals surface area contributed by atoms with Crippen LogP contribution in [0.3, 0.4) is 0 Å². The van der Waals surface area contributed by atoms with Crippen molar-refractivity contribution in [1.82, 2.24) is 5.32 Å². The Balaban J connectivity index is 1.23. The molecule has 5 N–H and O–H groups in total. The lowest BCUT2D eigenvalue weighted by molar-refractivity contribution is -0.125. The third kappa shape index (κ3) is 4.21. The maximum absolute atomic E-state index is 13.3. The standard InChI is InChI=1S/C27H32N4O2/c28-17-19-1-5-22(6-2-19)30-24(32)26-11-13-27(18-26,14-12-26)25(33)31-23-7-3-20(4-8-23)21-9-15-29-16-10-21/h1-9,29H,10-18,28H2,(H,30,32)(H,31,33). The maximum Gasteiger partial charge on any atom is 0.230 e. The molecule has 0 unspecified atom stereocenters. The average Bonchev–Trinajstić information content (AvgIpc) is 3.45. The van der Waals surface area contributed by atoms with Gasteiger partial charge in [-0.05, 0) is 86.0 Å². The molecule has 0 spiro atoms. The van der Waals surface area contributed by atoms with Gasteiger partial charge in [-0.15, -0.1) is 0 Å². The largest absolute Gasteiger partial charge is 0.326 e. The Morgan fingerprint density at radius 2 is 1.39 bits per heavy atom. The molecule has 2 aromatic carbocycles. The number of hydrogen-bond donors (Lipinski definition) is 4. The number of rotatable bonds is 6. The molecule has 172 valence electrons. The summed E-state index contributed by atoms with van der Waals surface area (Å²) in [5, 5.41) is 9.54. The van der Waals surface area contributed by atoms with Crippen LogP contribution < -0.4 is 21.7 Å². The topological polar surface area (TPSA) is 96.2 Å². The van der Waals surface area contributed by atoms with E-state index in [2.05, 4.69) is 34.2 Å². The Kier molecular flexibility index (Phi) is 5.81. The highest BCUT2D eigenvalue weighted by Gasteiger charge is 2.61. The molecule has 1 heterocycles. The third-order valence-electron chi connectivity index (χ3n) is 7.83. The van der Waals surface area contributed by atoms with Crippen molar-refractivity contribution >= 4 is 28.8 Å². The molecule has 3 aliphatic rings. The zero-order valence-electron chi connectivity index (χ0n) is 19.0. The summed E-state index contributed by atoms with van der Waals surface area (Å²) < 4.78 is 0. The van der Waals surface area contributed by atoms with Gasteiger partial charge >= 0.3 is 0 Å². The van der Waals surface area contributed by atoms with E-state index in [1.807, 2.05) is 36.4 Å². The van der Waals surface area contributed by atoms with Crippen LogP contribution in [0.2, 0.25) is 0 Å². The number of carbonyl (C=O) groups excluding carboxylic acids is 2. The van der Waals surface area contributed by atoms with E-state index in [-0.39, 0.29) is 11.8 Å². The first-order valence-corrected chi connectivity index (χ1v) is 11.9. The molecular weight excluding hydrogens is 412 g/mol. The number of carbonyl (C=O) groups is 2. The fraction of sp³-hybridized carbons (Fsp3) is 0.407. The predicted molar refractivity (Wildman–Crippen MR) is 131 cm³/mol. The van der Waals surface area contributed by atoms with Crippen LogP contribution in [0, 0.1) is 10.8 Å². The van der Waals surface area contributed by atoms with Gasteiger partial charge in [-0.25, -0.2) is 0 Å². The summed E-state index contributed by atoms with van der Waals surface area (Å²) in [6.45, 7) is 2.39. The highest BCUT2D eigenvalue weighted by atomic mass is 16.2. The Morgan fingerprint density at radius 1 is 0.848 bits per heavy atom. The lowest BCUT2D eigenvalue weighted by Crippen LogP contribution is -2.32. The van der Waals surface area contributed by atoms with Crippen molar-refractivity contribution in [3.05, 3.63) is 65.7 Å². The molecule has 5 rings (SSSR count). The van der Waals surface area contributed by atoms with Gasteiger partial charge in [-0.1, -0.05) is 30.3 Å². The molecule has 0 atom stereocenters. The van der Waals surface area contributed by atoms with Crippen molar-refractivity contribution in [2.45, 2.75) is 45.1 Å². The van der Waals surface area contributed by atoms with Crippen molar-refractivity contribution < 1.29 is 9.59 Å². The van der Waals surface area contributed by atoms with Gasteiger partial charge in [0.1, 0.15) is 0 Å². The van der Waals surface area contributed by atoms with E-state index in [0.717, 1.165) is 62.1 Å². The van der Waals surface area contributed by atoms with E-state index in [1.54, 1.807) is 0 Å². The van der Waals surface area contributed by atoms with Crippen LogP contribution in [0.5, 0.6) is 0 Å². The SMILES string of the molecule is NCc1ccc(NC(=O)C23CCC(C(=O)Nc4ccc(C5=CCNCC5)cc4)(CC2)C3)cc1. The van der Waals surface area contributed by atoms with Crippen molar-refractivity contribution in [2.75, 3.05) is 23.7 Å². The van der Waals surface area contributed by atoms with Gasteiger partial charge in [-0.3, -0.25) is 9.59 Å². The summed E-state index contributed by atoms with van der Waals surface area (Å²) in [5.74, 6) is 0.0885. The molecule has 1 aliphatic heterocycles. The van der Waals surface area contributed by atoms with Gasteiger partial charge < -0.3 is 21.7 Å². The number of fused-ring (bicyclic) bond motifs is 2. The van der Waals surface area contributed by atoms with Gasteiger partial charge in [0.15, 0.2) is 0 Å². The molecule has 2 aromatic rings. The van der Waals surface area contributed by atoms with E-state index in [4.69, 9.17) is 5.73 Å². The van der Waals surface area contributed by atoms with Gasteiger partial charge in [0.2, 0.25) is 11.8 Å². The molecule has 2 saturated carbocycles. The van der Waals surface area contributed by atoms with Crippen LogP contribution in [0.1, 0.15) is 49.7 Å². The molecule has 2 bridgehead atoms. The van der Waals surface area contributed by atoms with E-state index < -0.39 is 10.8 Å². The molecule has 0 aromatic heterocycles. The second kappa shape index (κ2) is 8.76. The van der Waals surface area contributed by atoms with Crippen LogP contribution in [0.15, 0.2) is 54.6 Å². The zero-order chi connectivity index (χ0) is 22.9. The average molecular weight is 445 g/mol. The summed E-state index contributed by atoms with van der Waals surface area (Å²) in [7, 11) is 0. The second-order valence-electron chi connectivity index (χ2n) is 9.81. The molecular formula is C27H32N4O2. The Morgan fingerprint density at radius 3 is 1.88 bits per heavy atom. The molecule has 2 aliphatic carbocycles. The number of nitrogens with one attached hydrogen (secondary N) is 3. The van der Waals surface area contributed by atoms with E-state index in [9.17, 15) is 9.59 Å². The fourth-order valence-electron chi connectivity index (χ4n) is 5.73. The maximum atomic E-state index is 13.3. The molecule has 6 heteroatoms. The number of amides is 2. The first-order valence-electron chi connectivity index (χ1n) is 11.9. The second-order valence-corrected chi connectivity index (χ2v) is 9.81. The summed E-state index contributed by atoms with van der Waals surface area (Å²) in [5.41, 5.74) is 9.96. The smallest absolute Gasteiger partial charge is 0.230 e. The molecule has 2 fully saturated rings. The summed E-state index contributed by atoms with van der Waals surface area (Å²) in [4.78, 5) is 26.5. The minimum atomic E-state index is -0.449. The van der Waals surface area contributed by atoms with E-state index in [0.29, 0.717) is 13.0 Å². The highest BCUT2D eigenvalue weighted by Crippen LogP contribution is 2.62. The Labute approximate surface area is 195 Å². The molecule has 0 radical (unpaired) electrons. The van der Waals surface area contributed by atoms with E-state index in [1.165, 1.54) is 11.1 Å². The molecule has 33 heavy (non-hydrogen) atoms. The first kappa shape index (κ1) is 21.9. The molecule has 6 nitrogen and oxygen atoms in total.